The first kappa shape index (κ1) is 12.3. The molecular weight excluding hydrogens is 190 g/mol. The van der Waals surface area contributed by atoms with Gasteiger partial charge in [-0.05, 0) is 18.8 Å². The Bertz CT molecular complexity index is 188. The SMILES string of the molecule is CC(C)CCCNC(=O)N1CCNCC1. The molecule has 88 valence electrons. The third kappa shape index (κ3) is 5.02. The van der Waals surface area contributed by atoms with Gasteiger partial charge in [-0.1, -0.05) is 13.8 Å². The lowest BCUT2D eigenvalue weighted by atomic mass is 10.1. The van der Waals surface area contributed by atoms with Crippen LogP contribution in [0.4, 0.5) is 4.79 Å². The monoisotopic (exact) mass is 213 g/mol. The van der Waals surface area contributed by atoms with Crippen LogP contribution in [0.2, 0.25) is 0 Å². The zero-order valence-corrected chi connectivity index (χ0v) is 9.88. The molecule has 0 atom stereocenters. The maximum atomic E-state index is 11.6. The van der Waals surface area contributed by atoms with Crippen molar-refractivity contribution in [2.24, 2.45) is 5.92 Å². The second-order valence-electron chi connectivity index (χ2n) is 4.51. The lowest BCUT2D eigenvalue weighted by molar-refractivity contribution is 0.190. The summed E-state index contributed by atoms with van der Waals surface area (Å²) in [5, 5.41) is 6.20. The summed E-state index contributed by atoms with van der Waals surface area (Å²) in [6.07, 6.45) is 2.26. The van der Waals surface area contributed by atoms with Gasteiger partial charge in [-0.15, -0.1) is 0 Å². The van der Waals surface area contributed by atoms with Gasteiger partial charge in [0.2, 0.25) is 0 Å². The van der Waals surface area contributed by atoms with Crippen LogP contribution < -0.4 is 10.6 Å². The topological polar surface area (TPSA) is 44.4 Å². The molecule has 1 fully saturated rings. The molecule has 1 aliphatic heterocycles. The summed E-state index contributed by atoms with van der Waals surface area (Å²) in [6.45, 7) is 8.71. The third-order valence-electron chi connectivity index (χ3n) is 2.64. The van der Waals surface area contributed by atoms with Crippen LogP contribution in [-0.2, 0) is 0 Å². The first-order valence-electron chi connectivity index (χ1n) is 5.93. The van der Waals surface area contributed by atoms with Crippen molar-refractivity contribution in [1.29, 1.82) is 0 Å². The van der Waals surface area contributed by atoms with E-state index in [0.717, 1.165) is 45.1 Å². The van der Waals surface area contributed by atoms with Crippen molar-refractivity contribution >= 4 is 6.03 Å². The van der Waals surface area contributed by atoms with Crippen molar-refractivity contribution in [3.8, 4) is 0 Å². The van der Waals surface area contributed by atoms with Crippen molar-refractivity contribution < 1.29 is 4.79 Å². The number of carbonyl (C=O) groups excluding carboxylic acids is 1. The fraction of sp³-hybridized carbons (Fsp3) is 0.909. The first-order chi connectivity index (χ1) is 7.20. The van der Waals surface area contributed by atoms with E-state index in [-0.39, 0.29) is 6.03 Å². The van der Waals surface area contributed by atoms with Gasteiger partial charge in [0.1, 0.15) is 0 Å². The molecule has 0 aromatic rings. The number of nitrogens with one attached hydrogen (secondary N) is 2. The van der Waals surface area contributed by atoms with Gasteiger partial charge in [0.15, 0.2) is 0 Å². The molecule has 0 radical (unpaired) electrons. The molecule has 1 aliphatic rings. The van der Waals surface area contributed by atoms with Crippen LogP contribution in [0.1, 0.15) is 26.7 Å². The highest BCUT2D eigenvalue weighted by molar-refractivity contribution is 5.74. The highest BCUT2D eigenvalue weighted by Gasteiger charge is 2.14. The molecule has 0 aromatic carbocycles. The van der Waals surface area contributed by atoms with E-state index in [9.17, 15) is 4.79 Å². The number of hydrogen-bond donors (Lipinski definition) is 2. The Labute approximate surface area is 92.4 Å². The first-order valence-corrected chi connectivity index (χ1v) is 5.93. The van der Waals surface area contributed by atoms with Crippen molar-refractivity contribution in [3.05, 3.63) is 0 Å². The van der Waals surface area contributed by atoms with Gasteiger partial charge in [0, 0.05) is 32.7 Å². The predicted molar refractivity (Wildman–Crippen MR) is 61.9 cm³/mol. The van der Waals surface area contributed by atoms with Gasteiger partial charge in [0.25, 0.3) is 0 Å². The summed E-state index contributed by atoms with van der Waals surface area (Å²) in [4.78, 5) is 13.5. The van der Waals surface area contributed by atoms with E-state index in [2.05, 4.69) is 24.5 Å². The van der Waals surface area contributed by atoms with Gasteiger partial charge < -0.3 is 15.5 Å². The lowest BCUT2D eigenvalue weighted by Gasteiger charge is -2.27. The third-order valence-corrected chi connectivity index (χ3v) is 2.64. The van der Waals surface area contributed by atoms with E-state index in [0.29, 0.717) is 0 Å². The smallest absolute Gasteiger partial charge is 0.317 e. The van der Waals surface area contributed by atoms with Crippen molar-refractivity contribution in [3.63, 3.8) is 0 Å². The Morgan fingerprint density at radius 3 is 2.67 bits per heavy atom. The highest BCUT2D eigenvalue weighted by Crippen LogP contribution is 2.02. The van der Waals surface area contributed by atoms with Crippen LogP contribution in [-0.4, -0.2) is 43.7 Å². The normalized spacial score (nSPS) is 16.9. The molecule has 15 heavy (non-hydrogen) atoms. The molecule has 0 saturated carbocycles. The molecule has 2 amide bonds. The number of amides is 2. The van der Waals surface area contributed by atoms with Crippen LogP contribution >= 0.6 is 0 Å². The van der Waals surface area contributed by atoms with Crippen LogP contribution in [0.5, 0.6) is 0 Å². The average Bonchev–Trinajstić information content (AvgIpc) is 2.25. The zero-order chi connectivity index (χ0) is 11.1. The van der Waals surface area contributed by atoms with E-state index in [1.807, 2.05) is 4.90 Å². The van der Waals surface area contributed by atoms with Crippen molar-refractivity contribution in [2.45, 2.75) is 26.7 Å². The van der Waals surface area contributed by atoms with Crippen molar-refractivity contribution in [1.82, 2.24) is 15.5 Å². The molecule has 4 nitrogen and oxygen atoms in total. The minimum Gasteiger partial charge on any atom is -0.338 e. The minimum absolute atomic E-state index is 0.0975. The van der Waals surface area contributed by atoms with Crippen LogP contribution in [0.25, 0.3) is 0 Å². The maximum absolute atomic E-state index is 11.6. The van der Waals surface area contributed by atoms with Gasteiger partial charge >= 0.3 is 6.03 Å². The molecule has 0 bridgehead atoms. The highest BCUT2D eigenvalue weighted by atomic mass is 16.2. The van der Waals surface area contributed by atoms with Crippen molar-refractivity contribution in [2.75, 3.05) is 32.7 Å². The Morgan fingerprint density at radius 2 is 2.07 bits per heavy atom. The maximum Gasteiger partial charge on any atom is 0.317 e. The molecule has 0 aromatic heterocycles. The number of carbonyl (C=O) groups is 1. The summed E-state index contributed by atoms with van der Waals surface area (Å²) >= 11 is 0. The Morgan fingerprint density at radius 1 is 1.40 bits per heavy atom. The molecule has 1 rings (SSSR count). The number of urea groups is 1. The molecular formula is C11H23N3O. The van der Waals surface area contributed by atoms with E-state index < -0.39 is 0 Å². The predicted octanol–water partition coefficient (Wildman–Crippen LogP) is 1.04. The largest absolute Gasteiger partial charge is 0.338 e. The van der Waals surface area contributed by atoms with E-state index in [4.69, 9.17) is 0 Å². The Kier molecular flexibility index (Phi) is 5.47. The average molecular weight is 213 g/mol. The van der Waals surface area contributed by atoms with Crippen LogP contribution in [0.3, 0.4) is 0 Å². The quantitative estimate of drug-likeness (QED) is 0.685. The van der Waals surface area contributed by atoms with E-state index in [1.165, 1.54) is 6.42 Å². The van der Waals surface area contributed by atoms with Gasteiger partial charge in [0.05, 0.1) is 0 Å². The standard InChI is InChI=1S/C11H23N3O/c1-10(2)4-3-5-13-11(15)14-8-6-12-7-9-14/h10,12H,3-9H2,1-2H3,(H,13,15). The Hall–Kier alpha value is -0.770. The molecule has 1 heterocycles. The molecule has 0 aliphatic carbocycles. The lowest BCUT2D eigenvalue weighted by Crippen LogP contribution is -2.50. The van der Waals surface area contributed by atoms with Crippen LogP contribution in [0, 0.1) is 5.92 Å². The fourth-order valence-electron chi connectivity index (χ4n) is 1.69. The Balaban J connectivity index is 2.07. The summed E-state index contributed by atoms with van der Waals surface area (Å²) in [7, 11) is 0. The number of nitrogens with zero attached hydrogens (tertiary/aromatic N) is 1. The molecule has 2 N–H and O–H groups in total. The van der Waals surface area contributed by atoms with E-state index in [1.54, 1.807) is 0 Å². The second-order valence-corrected chi connectivity index (χ2v) is 4.51. The second kappa shape index (κ2) is 6.67. The summed E-state index contributed by atoms with van der Waals surface area (Å²) in [6, 6.07) is 0.0975. The molecule has 0 unspecified atom stereocenters. The molecule has 0 spiro atoms. The number of hydrogen-bond acceptors (Lipinski definition) is 2. The van der Waals surface area contributed by atoms with Gasteiger partial charge in [-0.2, -0.15) is 0 Å². The fourth-order valence-corrected chi connectivity index (χ4v) is 1.69. The van der Waals surface area contributed by atoms with Gasteiger partial charge in [-0.3, -0.25) is 0 Å². The summed E-state index contributed by atoms with van der Waals surface area (Å²) in [5.74, 6) is 0.723. The van der Waals surface area contributed by atoms with Gasteiger partial charge in [-0.25, -0.2) is 4.79 Å². The van der Waals surface area contributed by atoms with Crippen LogP contribution in [0.15, 0.2) is 0 Å². The molecule has 4 heteroatoms. The minimum atomic E-state index is 0.0975. The molecule has 1 saturated heterocycles. The summed E-state index contributed by atoms with van der Waals surface area (Å²) < 4.78 is 0. The summed E-state index contributed by atoms with van der Waals surface area (Å²) in [5.41, 5.74) is 0. The number of piperazine rings is 1. The number of rotatable bonds is 4. The van der Waals surface area contributed by atoms with E-state index >= 15 is 0 Å². The zero-order valence-electron chi connectivity index (χ0n) is 9.88.